The maximum atomic E-state index is 5.35. The molecule has 0 saturated heterocycles. The molecule has 4 aromatic heterocycles. The highest BCUT2D eigenvalue weighted by Gasteiger charge is 2.18. The normalized spacial score (nSPS) is 11.9. The highest BCUT2D eigenvalue weighted by atomic mass is 15.1. The molecule has 238 valence electrons. The van der Waals surface area contributed by atoms with Crippen molar-refractivity contribution in [1.29, 1.82) is 0 Å². The van der Waals surface area contributed by atoms with Gasteiger partial charge >= 0.3 is 0 Å². The molecule has 0 spiro atoms. The minimum atomic E-state index is 0.892. The van der Waals surface area contributed by atoms with E-state index < -0.39 is 0 Å². The maximum Gasteiger partial charge on any atom is 0.140 e. The van der Waals surface area contributed by atoms with Crippen molar-refractivity contribution in [3.8, 4) is 28.5 Å². The Kier molecular flexibility index (Phi) is 5.92. The molecular weight excluding hydrogens is 621 g/mol. The molecule has 4 nitrogen and oxygen atoms in total. The summed E-state index contributed by atoms with van der Waals surface area (Å²) in [6.07, 6.45) is 0. The lowest BCUT2D eigenvalue weighted by Crippen LogP contribution is -2.03. The molecule has 0 aliphatic carbocycles. The first-order valence-electron chi connectivity index (χ1n) is 17.4. The van der Waals surface area contributed by atoms with Crippen LogP contribution < -0.4 is 0 Å². The zero-order chi connectivity index (χ0) is 33.5. The Morgan fingerprint density at radius 1 is 0.275 bits per heavy atom. The Hall–Kier alpha value is -6.91. The number of hydrogen-bond donors (Lipinski definition) is 0. The molecule has 0 N–H and O–H groups in total. The minimum Gasteiger partial charge on any atom is -0.309 e. The van der Waals surface area contributed by atoms with E-state index in [1.807, 2.05) is 0 Å². The number of hydrogen-bond acceptors (Lipinski definition) is 1. The van der Waals surface area contributed by atoms with E-state index in [2.05, 4.69) is 196 Å². The van der Waals surface area contributed by atoms with Crippen LogP contribution in [-0.4, -0.2) is 18.7 Å². The van der Waals surface area contributed by atoms with Crippen LogP contribution in [0.1, 0.15) is 0 Å². The standard InChI is InChI=1S/C47H30N4/c1-2-13-33(14-3-1)49-40-19-8-6-17-36(40)38-29-31(25-27-44(38)49)32-26-28-45-39(30-32)37-18-7-11-22-43(37)51(45)47-24-12-23-46(48-47)50-41-20-9-4-15-34(41)35-16-5-10-21-42(35)50/h1-30H. The van der Waals surface area contributed by atoms with E-state index in [0.29, 0.717) is 0 Å². The summed E-state index contributed by atoms with van der Waals surface area (Å²) in [5, 5.41) is 7.38. The summed E-state index contributed by atoms with van der Waals surface area (Å²) in [5.41, 5.74) is 10.5. The van der Waals surface area contributed by atoms with Crippen LogP contribution in [0.2, 0.25) is 0 Å². The zero-order valence-corrected chi connectivity index (χ0v) is 27.6. The number of aromatic nitrogens is 4. The van der Waals surface area contributed by atoms with Gasteiger partial charge < -0.3 is 4.57 Å². The average molecular weight is 651 g/mol. The summed E-state index contributed by atoms with van der Waals surface area (Å²) >= 11 is 0. The topological polar surface area (TPSA) is 27.7 Å². The quantitative estimate of drug-likeness (QED) is 0.186. The zero-order valence-electron chi connectivity index (χ0n) is 27.6. The van der Waals surface area contributed by atoms with Crippen molar-refractivity contribution in [2.24, 2.45) is 0 Å². The molecule has 0 atom stereocenters. The van der Waals surface area contributed by atoms with E-state index in [4.69, 9.17) is 4.98 Å². The van der Waals surface area contributed by atoms with Gasteiger partial charge in [-0.05, 0) is 83.9 Å². The molecule has 0 saturated carbocycles. The van der Waals surface area contributed by atoms with Crippen molar-refractivity contribution in [3.05, 3.63) is 182 Å². The SMILES string of the molecule is c1ccc(-n2c3ccccc3c3cc(-c4ccc5c(c4)c4ccccc4n5-c4cccc(-n5c6ccccc6c6ccccc65)n4)ccc32)cc1. The molecule has 0 unspecified atom stereocenters. The molecule has 7 aromatic carbocycles. The van der Waals surface area contributed by atoms with Crippen LogP contribution in [0.4, 0.5) is 0 Å². The van der Waals surface area contributed by atoms with Gasteiger partial charge in [-0.15, -0.1) is 0 Å². The molecule has 0 amide bonds. The Morgan fingerprint density at radius 2 is 0.647 bits per heavy atom. The lowest BCUT2D eigenvalue weighted by Gasteiger charge is -2.12. The van der Waals surface area contributed by atoms with Crippen molar-refractivity contribution in [3.63, 3.8) is 0 Å². The lowest BCUT2D eigenvalue weighted by molar-refractivity contribution is 1.01. The number of para-hydroxylation sites is 5. The third-order valence-corrected chi connectivity index (χ3v) is 10.5. The fourth-order valence-corrected chi connectivity index (χ4v) is 8.24. The Labute approximate surface area is 293 Å². The summed E-state index contributed by atoms with van der Waals surface area (Å²) < 4.78 is 6.96. The Morgan fingerprint density at radius 3 is 1.14 bits per heavy atom. The first kappa shape index (κ1) is 28.0. The van der Waals surface area contributed by atoms with Gasteiger partial charge in [0.05, 0.1) is 33.1 Å². The molecule has 11 rings (SSSR count). The van der Waals surface area contributed by atoms with Crippen LogP contribution >= 0.6 is 0 Å². The van der Waals surface area contributed by atoms with E-state index in [1.165, 1.54) is 60.2 Å². The average Bonchev–Trinajstić information content (AvgIpc) is 3.83. The van der Waals surface area contributed by atoms with Crippen LogP contribution in [0.15, 0.2) is 182 Å². The molecule has 0 aliphatic heterocycles. The minimum absolute atomic E-state index is 0.892. The first-order chi connectivity index (χ1) is 25.3. The summed E-state index contributed by atoms with van der Waals surface area (Å²) in [4.78, 5) is 5.35. The van der Waals surface area contributed by atoms with E-state index in [0.717, 1.165) is 33.7 Å². The number of nitrogens with zero attached hydrogens (tertiary/aromatic N) is 4. The smallest absolute Gasteiger partial charge is 0.140 e. The van der Waals surface area contributed by atoms with Gasteiger partial charge in [-0.2, -0.15) is 0 Å². The van der Waals surface area contributed by atoms with Gasteiger partial charge in [-0.25, -0.2) is 4.98 Å². The van der Waals surface area contributed by atoms with Crippen LogP contribution in [0.5, 0.6) is 0 Å². The van der Waals surface area contributed by atoms with Gasteiger partial charge in [0.1, 0.15) is 11.6 Å². The van der Waals surface area contributed by atoms with Crippen molar-refractivity contribution < 1.29 is 0 Å². The molecule has 11 aromatic rings. The molecule has 0 aliphatic rings. The van der Waals surface area contributed by atoms with Crippen LogP contribution in [0.25, 0.3) is 93.9 Å². The summed E-state index contributed by atoms with van der Waals surface area (Å²) in [7, 11) is 0. The van der Waals surface area contributed by atoms with Crippen LogP contribution in [0, 0.1) is 0 Å². The monoisotopic (exact) mass is 650 g/mol. The number of rotatable bonds is 4. The summed E-state index contributed by atoms with van der Waals surface area (Å²) in [6, 6.07) is 65.3. The molecule has 51 heavy (non-hydrogen) atoms. The van der Waals surface area contributed by atoms with Gasteiger partial charge in [0.25, 0.3) is 0 Å². The molecule has 4 heteroatoms. The van der Waals surface area contributed by atoms with Gasteiger partial charge in [-0.3, -0.25) is 9.13 Å². The van der Waals surface area contributed by atoms with E-state index >= 15 is 0 Å². The number of fused-ring (bicyclic) bond motifs is 9. The second-order valence-corrected chi connectivity index (χ2v) is 13.2. The maximum absolute atomic E-state index is 5.35. The van der Waals surface area contributed by atoms with E-state index in [-0.39, 0.29) is 0 Å². The van der Waals surface area contributed by atoms with Crippen LogP contribution in [-0.2, 0) is 0 Å². The lowest BCUT2D eigenvalue weighted by atomic mass is 10.0. The highest BCUT2D eigenvalue weighted by molar-refractivity contribution is 6.13. The van der Waals surface area contributed by atoms with E-state index in [1.54, 1.807) is 0 Å². The predicted molar refractivity (Wildman–Crippen MR) is 213 cm³/mol. The van der Waals surface area contributed by atoms with Gasteiger partial charge in [0.2, 0.25) is 0 Å². The predicted octanol–water partition coefficient (Wildman–Crippen LogP) is 12.0. The third-order valence-electron chi connectivity index (χ3n) is 10.5. The van der Waals surface area contributed by atoms with Crippen LogP contribution in [0.3, 0.4) is 0 Å². The summed E-state index contributed by atoms with van der Waals surface area (Å²) in [6.45, 7) is 0. The molecular formula is C47H30N4. The fourth-order valence-electron chi connectivity index (χ4n) is 8.24. The largest absolute Gasteiger partial charge is 0.309 e. The Bertz CT molecular complexity index is 3090. The van der Waals surface area contributed by atoms with Crippen molar-refractivity contribution in [1.82, 2.24) is 18.7 Å². The number of benzene rings is 7. The van der Waals surface area contributed by atoms with E-state index in [9.17, 15) is 0 Å². The van der Waals surface area contributed by atoms with Gasteiger partial charge in [0, 0.05) is 38.0 Å². The van der Waals surface area contributed by atoms with Crippen molar-refractivity contribution in [2.75, 3.05) is 0 Å². The fraction of sp³-hybridized carbons (Fsp3) is 0. The Balaban J connectivity index is 1.09. The third kappa shape index (κ3) is 4.11. The molecule has 0 radical (unpaired) electrons. The van der Waals surface area contributed by atoms with Gasteiger partial charge in [0.15, 0.2) is 0 Å². The second kappa shape index (κ2) is 10.8. The van der Waals surface area contributed by atoms with Gasteiger partial charge in [-0.1, -0.05) is 109 Å². The first-order valence-corrected chi connectivity index (χ1v) is 17.4. The van der Waals surface area contributed by atoms with Crippen molar-refractivity contribution in [2.45, 2.75) is 0 Å². The molecule has 0 fully saturated rings. The molecule has 4 heterocycles. The molecule has 0 bridgehead atoms. The summed E-state index contributed by atoms with van der Waals surface area (Å²) in [5.74, 6) is 1.79. The van der Waals surface area contributed by atoms with Crippen molar-refractivity contribution >= 4 is 65.4 Å². The number of pyridine rings is 1. The highest BCUT2D eigenvalue weighted by Crippen LogP contribution is 2.38. The second-order valence-electron chi connectivity index (χ2n) is 13.2.